The van der Waals surface area contributed by atoms with Gasteiger partial charge in [0.2, 0.25) is 0 Å². The number of benzene rings is 1. The van der Waals surface area contributed by atoms with E-state index in [9.17, 15) is 8.78 Å². The van der Waals surface area contributed by atoms with E-state index >= 15 is 0 Å². The van der Waals surface area contributed by atoms with Crippen LogP contribution in [-0.4, -0.2) is 10.7 Å². The molecule has 0 fully saturated rings. The van der Waals surface area contributed by atoms with Gasteiger partial charge in [-0.2, -0.15) is 14.0 Å². The number of halogens is 2. The zero-order valence-electron chi connectivity index (χ0n) is 10.2. The molecule has 3 N–H and O–H groups in total. The van der Waals surface area contributed by atoms with Gasteiger partial charge in [-0.25, -0.2) is 4.98 Å². The summed E-state index contributed by atoms with van der Waals surface area (Å²) < 4.78 is 25.0. The van der Waals surface area contributed by atoms with Gasteiger partial charge in [0.25, 0.3) is 5.76 Å². The second kappa shape index (κ2) is 6.21. The van der Waals surface area contributed by atoms with Crippen molar-refractivity contribution < 1.29 is 8.78 Å². The van der Waals surface area contributed by atoms with E-state index in [2.05, 4.69) is 10.3 Å². The van der Waals surface area contributed by atoms with Crippen molar-refractivity contribution in [3.8, 4) is 6.07 Å². The minimum atomic E-state index is -2.51. The molecule has 0 bridgehead atoms. The highest BCUT2D eigenvalue weighted by molar-refractivity contribution is 7.99. The Kier molecular flexibility index (Phi) is 4.38. The number of hydrogen-bond donors (Lipinski definition) is 2. The van der Waals surface area contributed by atoms with Gasteiger partial charge in [0, 0.05) is 11.1 Å². The molecular formula is C13H10F2N4S. The number of rotatable bonds is 4. The van der Waals surface area contributed by atoms with Crippen molar-refractivity contribution in [1.82, 2.24) is 4.98 Å². The first kappa shape index (κ1) is 14.1. The maximum Gasteiger partial charge on any atom is 0.288 e. The molecule has 102 valence electrons. The summed E-state index contributed by atoms with van der Waals surface area (Å²) in [5.41, 5.74) is 6.87. The zero-order valence-corrected chi connectivity index (χ0v) is 11.0. The molecule has 1 aromatic heterocycles. The first-order valence-electron chi connectivity index (χ1n) is 5.56. The Morgan fingerprint density at radius 1 is 1.35 bits per heavy atom. The maximum absolute atomic E-state index is 12.5. The summed E-state index contributed by atoms with van der Waals surface area (Å²) >= 11 is 0.441. The molecule has 0 aliphatic carbocycles. The van der Waals surface area contributed by atoms with E-state index in [-0.39, 0.29) is 5.69 Å². The highest BCUT2D eigenvalue weighted by atomic mass is 32.2. The topological polar surface area (TPSA) is 74.7 Å². The van der Waals surface area contributed by atoms with E-state index < -0.39 is 5.76 Å². The van der Waals surface area contributed by atoms with Crippen LogP contribution in [0, 0.1) is 11.3 Å². The van der Waals surface area contributed by atoms with Gasteiger partial charge in [-0.05, 0) is 18.2 Å². The average molecular weight is 292 g/mol. The fourth-order valence-corrected chi connectivity index (χ4v) is 2.14. The van der Waals surface area contributed by atoms with Crippen LogP contribution in [0.25, 0.3) is 0 Å². The van der Waals surface area contributed by atoms with Gasteiger partial charge < -0.3 is 11.1 Å². The zero-order chi connectivity index (χ0) is 14.5. The van der Waals surface area contributed by atoms with Crippen LogP contribution in [0.3, 0.4) is 0 Å². The van der Waals surface area contributed by atoms with Crippen LogP contribution in [0.5, 0.6) is 0 Å². The van der Waals surface area contributed by atoms with Crippen molar-refractivity contribution in [2.45, 2.75) is 10.7 Å². The molecule has 0 aliphatic rings. The number of thioether (sulfide) groups is 1. The summed E-state index contributed by atoms with van der Waals surface area (Å²) in [6.07, 6.45) is 1.36. The third-order valence-electron chi connectivity index (χ3n) is 2.40. The lowest BCUT2D eigenvalue weighted by Gasteiger charge is -2.12. The minimum absolute atomic E-state index is 0.279. The van der Waals surface area contributed by atoms with E-state index in [1.807, 2.05) is 6.07 Å². The molecule has 0 saturated carbocycles. The Labute approximate surface area is 118 Å². The number of aromatic nitrogens is 1. The maximum atomic E-state index is 12.5. The highest BCUT2D eigenvalue weighted by Gasteiger charge is 2.11. The highest BCUT2D eigenvalue weighted by Crippen LogP contribution is 2.33. The number of alkyl halides is 2. The largest absolute Gasteiger partial charge is 0.396 e. The van der Waals surface area contributed by atoms with Crippen molar-refractivity contribution in [1.29, 1.82) is 5.26 Å². The van der Waals surface area contributed by atoms with Crippen LogP contribution in [0.4, 0.5) is 26.0 Å². The number of pyridine rings is 1. The van der Waals surface area contributed by atoms with Crippen LogP contribution < -0.4 is 11.1 Å². The standard InChI is InChI=1S/C13H10F2N4S/c14-13(15)20-11-4-2-1-3-10(11)19-12-9(17)5-8(6-16)7-18-12/h1-5,7,13H,17H2,(H,18,19). The molecule has 0 saturated heterocycles. The summed E-state index contributed by atoms with van der Waals surface area (Å²) in [4.78, 5) is 4.41. The Morgan fingerprint density at radius 2 is 2.10 bits per heavy atom. The third-order valence-corrected chi connectivity index (χ3v) is 3.19. The fraction of sp³-hybridized carbons (Fsp3) is 0.0769. The van der Waals surface area contributed by atoms with Crippen LogP contribution in [-0.2, 0) is 0 Å². The van der Waals surface area contributed by atoms with Crippen molar-refractivity contribution in [2.24, 2.45) is 0 Å². The summed E-state index contributed by atoms with van der Waals surface area (Å²) in [6, 6.07) is 10.0. The van der Waals surface area contributed by atoms with E-state index in [0.29, 0.717) is 33.7 Å². The molecule has 1 heterocycles. The molecule has 0 atom stereocenters. The molecule has 20 heavy (non-hydrogen) atoms. The first-order valence-corrected chi connectivity index (χ1v) is 6.44. The van der Waals surface area contributed by atoms with Gasteiger partial charge in [-0.3, -0.25) is 0 Å². The van der Waals surface area contributed by atoms with Crippen molar-refractivity contribution in [2.75, 3.05) is 11.1 Å². The Balaban J connectivity index is 2.28. The SMILES string of the molecule is N#Cc1cnc(Nc2ccccc2SC(F)F)c(N)c1. The van der Waals surface area contributed by atoms with Crippen molar-refractivity contribution in [3.05, 3.63) is 42.1 Å². The van der Waals surface area contributed by atoms with E-state index in [1.165, 1.54) is 12.3 Å². The number of nitrogens with zero attached hydrogens (tertiary/aromatic N) is 2. The quantitative estimate of drug-likeness (QED) is 0.842. The van der Waals surface area contributed by atoms with Crippen molar-refractivity contribution >= 4 is 29.0 Å². The summed E-state index contributed by atoms with van der Waals surface area (Å²) in [5, 5.41) is 11.6. The molecule has 7 heteroatoms. The van der Waals surface area contributed by atoms with Gasteiger partial charge in [-0.1, -0.05) is 23.9 Å². The normalized spacial score (nSPS) is 10.3. The fourth-order valence-electron chi connectivity index (χ4n) is 1.54. The molecule has 0 unspecified atom stereocenters. The summed E-state index contributed by atoms with van der Waals surface area (Å²) in [6.45, 7) is 0. The lowest BCUT2D eigenvalue weighted by Crippen LogP contribution is -2.01. The minimum Gasteiger partial charge on any atom is -0.396 e. The van der Waals surface area contributed by atoms with E-state index in [0.717, 1.165) is 0 Å². The van der Waals surface area contributed by atoms with Crippen LogP contribution in [0.2, 0.25) is 0 Å². The Bertz CT molecular complexity index is 655. The van der Waals surface area contributed by atoms with Crippen LogP contribution >= 0.6 is 11.8 Å². The number of nitriles is 1. The number of nitrogen functional groups attached to an aromatic ring is 1. The number of nitrogens with one attached hydrogen (secondary N) is 1. The molecule has 2 aromatic rings. The van der Waals surface area contributed by atoms with Crippen molar-refractivity contribution in [3.63, 3.8) is 0 Å². The van der Waals surface area contributed by atoms with Gasteiger partial charge in [0.15, 0.2) is 5.82 Å². The van der Waals surface area contributed by atoms with Gasteiger partial charge in [0.1, 0.15) is 6.07 Å². The lowest BCUT2D eigenvalue weighted by atomic mass is 10.2. The predicted molar refractivity (Wildman–Crippen MR) is 75.0 cm³/mol. The molecule has 0 aliphatic heterocycles. The molecule has 0 spiro atoms. The number of para-hydroxylation sites is 1. The van der Waals surface area contributed by atoms with Crippen LogP contribution in [0.1, 0.15) is 5.56 Å². The summed E-state index contributed by atoms with van der Waals surface area (Å²) in [7, 11) is 0. The Morgan fingerprint density at radius 3 is 2.75 bits per heavy atom. The predicted octanol–water partition coefficient (Wildman–Crippen LogP) is 3.59. The molecule has 4 nitrogen and oxygen atoms in total. The van der Waals surface area contributed by atoms with Gasteiger partial charge >= 0.3 is 0 Å². The number of anilines is 3. The summed E-state index contributed by atoms with van der Waals surface area (Å²) in [5.74, 6) is -2.18. The van der Waals surface area contributed by atoms with E-state index in [4.69, 9.17) is 11.0 Å². The van der Waals surface area contributed by atoms with Crippen LogP contribution in [0.15, 0.2) is 41.4 Å². The number of hydrogen-bond acceptors (Lipinski definition) is 5. The van der Waals surface area contributed by atoms with E-state index in [1.54, 1.807) is 24.3 Å². The average Bonchev–Trinajstić information content (AvgIpc) is 2.42. The molecule has 0 amide bonds. The number of nitrogens with two attached hydrogens (primary N) is 1. The molecule has 2 rings (SSSR count). The molecule has 0 radical (unpaired) electrons. The second-order valence-electron chi connectivity index (χ2n) is 3.77. The second-order valence-corrected chi connectivity index (χ2v) is 4.81. The molecular weight excluding hydrogens is 282 g/mol. The smallest absolute Gasteiger partial charge is 0.288 e. The molecule has 1 aromatic carbocycles. The van der Waals surface area contributed by atoms with Gasteiger partial charge in [-0.15, -0.1) is 0 Å². The third kappa shape index (κ3) is 3.36. The monoisotopic (exact) mass is 292 g/mol. The first-order chi connectivity index (χ1) is 9.60. The van der Waals surface area contributed by atoms with Gasteiger partial charge in [0.05, 0.1) is 16.9 Å². The Hall–Kier alpha value is -2.33. The lowest BCUT2D eigenvalue weighted by molar-refractivity contribution is 0.252.